The van der Waals surface area contributed by atoms with Crippen molar-refractivity contribution in [3.05, 3.63) is 0 Å². The lowest BCUT2D eigenvalue weighted by Crippen LogP contribution is -2.37. The summed E-state index contributed by atoms with van der Waals surface area (Å²) < 4.78 is 0. The molecule has 0 rings (SSSR count). The maximum absolute atomic E-state index is 11.1. The fourth-order valence-electron chi connectivity index (χ4n) is 2.69. The first-order chi connectivity index (χ1) is 10.7. The first-order valence-corrected chi connectivity index (χ1v) is 9.38. The molecular formula is C18H38N2O2. The van der Waals surface area contributed by atoms with Crippen molar-refractivity contribution in [1.82, 2.24) is 5.32 Å². The van der Waals surface area contributed by atoms with Crippen molar-refractivity contribution in [3.63, 3.8) is 0 Å². The zero-order valence-corrected chi connectivity index (χ0v) is 14.6. The molecule has 0 aliphatic heterocycles. The van der Waals surface area contributed by atoms with E-state index in [0.29, 0.717) is 13.0 Å². The van der Waals surface area contributed by atoms with Crippen molar-refractivity contribution < 1.29 is 9.90 Å². The minimum atomic E-state index is -0.732. The maximum atomic E-state index is 11.1. The highest BCUT2D eigenvalue weighted by atomic mass is 16.4. The molecule has 0 aliphatic rings. The quantitative estimate of drug-likeness (QED) is 0.354. The van der Waals surface area contributed by atoms with E-state index in [-0.39, 0.29) is 0 Å². The number of nitrogens with two attached hydrogens (primary N) is 1. The van der Waals surface area contributed by atoms with Gasteiger partial charge in [-0.15, -0.1) is 0 Å². The Hall–Kier alpha value is -0.610. The summed E-state index contributed by atoms with van der Waals surface area (Å²) in [5, 5.41) is 12.3. The summed E-state index contributed by atoms with van der Waals surface area (Å²) in [6.45, 7) is 3.71. The van der Waals surface area contributed by atoms with Crippen LogP contribution in [0.15, 0.2) is 0 Å². The number of hydrogen-bond acceptors (Lipinski definition) is 3. The second-order valence-electron chi connectivity index (χ2n) is 6.31. The van der Waals surface area contributed by atoms with E-state index in [1.807, 2.05) is 0 Å². The van der Waals surface area contributed by atoms with Crippen LogP contribution >= 0.6 is 0 Å². The Kier molecular flexibility index (Phi) is 16.3. The Balaban J connectivity index is 3.36. The molecule has 0 radical (unpaired) electrons. The summed E-state index contributed by atoms with van der Waals surface area (Å²) in [6.07, 6.45) is 15.6. The van der Waals surface area contributed by atoms with Gasteiger partial charge < -0.3 is 16.2 Å². The molecule has 0 aromatic heterocycles. The third-order valence-electron chi connectivity index (χ3n) is 4.17. The average Bonchev–Trinajstić information content (AvgIpc) is 2.50. The van der Waals surface area contributed by atoms with Crippen molar-refractivity contribution in [2.24, 2.45) is 5.73 Å². The van der Waals surface area contributed by atoms with E-state index in [2.05, 4.69) is 12.2 Å². The van der Waals surface area contributed by atoms with Crippen LogP contribution in [0, 0.1) is 0 Å². The van der Waals surface area contributed by atoms with Crippen LogP contribution in [-0.4, -0.2) is 30.2 Å². The van der Waals surface area contributed by atoms with Crippen molar-refractivity contribution in [3.8, 4) is 0 Å². The molecule has 0 aromatic rings. The summed E-state index contributed by atoms with van der Waals surface area (Å²) in [5.41, 5.74) is 5.44. The van der Waals surface area contributed by atoms with E-state index in [1.54, 1.807) is 0 Å². The molecule has 132 valence electrons. The van der Waals surface area contributed by atoms with Crippen LogP contribution < -0.4 is 11.1 Å². The lowest BCUT2D eigenvalue weighted by atomic mass is 10.1. The van der Waals surface area contributed by atoms with E-state index in [0.717, 1.165) is 25.8 Å². The minimum absolute atomic E-state index is 0.398. The predicted octanol–water partition coefficient (Wildman–Crippen LogP) is 4.08. The smallest absolute Gasteiger partial charge is 0.320 e. The monoisotopic (exact) mass is 314 g/mol. The average molecular weight is 315 g/mol. The first kappa shape index (κ1) is 21.4. The van der Waals surface area contributed by atoms with Gasteiger partial charge in [-0.1, -0.05) is 71.1 Å². The number of unbranched alkanes of at least 4 members (excludes halogenated alkanes) is 10. The van der Waals surface area contributed by atoms with E-state index in [9.17, 15) is 4.79 Å². The second-order valence-corrected chi connectivity index (χ2v) is 6.31. The maximum Gasteiger partial charge on any atom is 0.320 e. The number of hydrogen-bond donors (Lipinski definition) is 3. The van der Waals surface area contributed by atoms with Gasteiger partial charge in [0.1, 0.15) is 6.04 Å². The van der Waals surface area contributed by atoms with Crippen LogP contribution in [0.2, 0.25) is 0 Å². The zero-order valence-electron chi connectivity index (χ0n) is 14.6. The summed E-state index contributed by atoms with van der Waals surface area (Å²) in [4.78, 5) is 11.1. The number of rotatable bonds is 17. The standard InChI is InChI=1S/C18H38N2O2/c1-2-3-4-5-6-7-8-9-10-13-16-20-17(18(21)22)14-11-12-15-19/h17,20H,2-16,19H2,1H3,(H,21,22)/t17-/m0/s1. The molecule has 0 amide bonds. The molecule has 0 saturated heterocycles. The van der Waals surface area contributed by atoms with Crippen LogP contribution in [0.5, 0.6) is 0 Å². The predicted molar refractivity (Wildman–Crippen MR) is 94.2 cm³/mol. The topological polar surface area (TPSA) is 75.3 Å². The molecule has 4 nitrogen and oxygen atoms in total. The Bertz CT molecular complexity index is 247. The lowest BCUT2D eigenvalue weighted by molar-refractivity contribution is -0.139. The molecule has 0 heterocycles. The second kappa shape index (κ2) is 16.8. The summed E-state index contributed by atoms with van der Waals surface area (Å²) >= 11 is 0. The highest BCUT2D eigenvalue weighted by Gasteiger charge is 2.15. The zero-order chi connectivity index (χ0) is 16.5. The number of carbonyl (C=O) groups is 1. The molecule has 0 aromatic carbocycles. The van der Waals surface area contributed by atoms with Gasteiger partial charge >= 0.3 is 5.97 Å². The Morgan fingerprint density at radius 2 is 1.45 bits per heavy atom. The molecule has 0 spiro atoms. The van der Waals surface area contributed by atoms with Gasteiger partial charge in [0.25, 0.3) is 0 Å². The Morgan fingerprint density at radius 1 is 0.909 bits per heavy atom. The van der Waals surface area contributed by atoms with Crippen molar-refractivity contribution in [2.75, 3.05) is 13.1 Å². The van der Waals surface area contributed by atoms with Gasteiger partial charge in [0.15, 0.2) is 0 Å². The largest absolute Gasteiger partial charge is 0.480 e. The van der Waals surface area contributed by atoms with Crippen LogP contribution in [0.3, 0.4) is 0 Å². The number of aliphatic carboxylic acids is 1. The van der Waals surface area contributed by atoms with Gasteiger partial charge in [-0.2, -0.15) is 0 Å². The number of carboxylic acid groups (broad SMARTS) is 1. The third kappa shape index (κ3) is 14.3. The van der Waals surface area contributed by atoms with E-state index >= 15 is 0 Å². The van der Waals surface area contributed by atoms with Crippen LogP contribution in [0.1, 0.15) is 90.4 Å². The Labute approximate surface area is 137 Å². The van der Waals surface area contributed by atoms with Crippen molar-refractivity contribution in [1.29, 1.82) is 0 Å². The van der Waals surface area contributed by atoms with Gasteiger partial charge in [0.05, 0.1) is 0 Å². The molecule has 0 bridgehead atoms. The van der Waals surface area contributed by atoms with Gasteiger partial charge in [0.2, 0.25) is 0 Å². The molecule has 4 N–H and O–H groups in total. The van der Waals surface area contributed by atoms with E-state index in [4.69, 9.17) is 10.8 Å². The summed E-state index contributed by atoms with van der Waals surface area (Å²) in [5.74, 6) is -0.732. The molecule has 1 atom stereocenters. The first-order valence-electron chi connectivity index (χ1n) is 9.38. The normalized spacial score (nSPS) is 12.5. The molecule has 4 heteroatoms. The van der Waals surface area contributed by atoms with Crippen LogP contribution in [-0.2, 0) is 4.79 Å². The summed E-state index contributed by atoms with van der Waals surface area (Å²) in [7, 11) is 0. The SMILES string of the molecule is CCCCCCCCCCCCN[C@@H](CCCCN)C(=O)O. The molecule has 0 aliphatic carbocycles. The van der Waals surface area contributed by atoms with E-state index in [1.165, 1.54) is 57.8 Å². The molecule has 0 unspecified atom stereocenters. The molecule has 22 heavy (non-hydrogen) atoms. The minimum Gasteiger partial charge on any atom is -0.480 e. The molecular weight excluding hydrogens is 276 g/mol. The van der Waals surface area contributed by atoms with Gasteiger partial charge in [-0.05, 0) is 32.4 Å². The highest BCUT2D eigenvalue weighted by molar-refractivity contribution is 5.73. The fraction of sp³-hybridized carbons (Fsp3) is 0.944. The molecule has 0 saturated carbocycles. The van der Waals surface area contributed by atoms with Crippen molar-refractivity contribution in [2.45, 2.75) is 96.4 Å². The lowest BCUT2D eigenvalue weighted by Gasteiger charge is -2.14. The third-order valence-corrected chi connectivity index (χ3v) is 4.17. The highest BCUT2D eigenvalue weighted by Crippen LogP contribution is 2.10. The van der Waals surface area contributed by atoms with Crippen LogP contribution in [0.4, 0.5) is 0 Å². The van der Waals surface area contributed by atoms with Gasteiger partial charge in [-0.3, -0.25) is 4.79 Å². The van der Waals surface area contributed by atoms with Gasteiger partial charge in [-0.25, -0.2) is 0 Å². The summed E-state index contributed by atoms with van der Waals surface area (Å²) in [6, 6.07) is -0.398. The van der Waals surface area contributed by atoms with Crippen molar-refractivity contribution >= 4 is 5.97 Å². The fourth-order valence-corrected chi connectivity index (χ4v) is 2.69. The van der Waals surface area contributed by atoms with Gasteiger partial charge in [0, 0.05) is 0 Å². The van der Waals surface area contributed by atoms with E-state index < -0.39 is 12.0 Å². The number of carboxylic acids is 1. The Morgan fingerprint density at radius 3 is 1.95 bits per heavy atom. The molecule has 0 fully saturated rings. The number of nitrogens with one attached hydrogen (secondary N) is 1. The van der Waals surface area contributed by atoms with Crippen LogP contribution in [0.25, 0.3) is 0 Å².